The van der Waals surface area contributed by atoms with Gasteiger partial charge in [0, 0.05) is 40.1 Å². The molecule has 234 valence electrons. The molecule has 5 aromatic heterocycles. The molecule has 0 unspecified atom stereocenters. The van der Waals surface area contributed by atoms with Crippen LogP contribution in [0.3, 0.4) is 0 Å². The van der Waals surface area contributed by atoms with E-state index in [0.29, 0.717) is 5.69 Å². The summed E-state index contributed by atoms with van der Waals surface area (Å²) < 4.78 is 14.9. The molecule has 1 aliphatic rings. The maximum absolute atomic E-state index is 14.9. The SMILES string of the molecule is C=C(CCCC)Nc1cncc(-c2ccc3[nH]nc(-c4cc5c(-c6cc(F)cc(CCCN7CCCC7)c6)nccc5[nH]4)c3n2)c1. The number of pyridine rings is 3. The fourth-order valence-electron chi connectivity index (χ4n) is 6.41. The number of halogens is 1. The highest BCUT2D eigenvalue weighted by Gasteiger charge is 2.17. The quantitative estimate of drug-likeness (QED) is 0.128. The summed E-state index contributed by atoms with van der Waals surface area (Å²) in [5, 5.41) is 12.0. The number of hydrogen-bond acceptors (Lipinski definition) is 6. The lowest BCUT2D eigenvalue weighted by Crippen LogP contribution is -2.20. The van der Waals surface area contributed by atoms with Gasteiger partial charge in [-0.3, -0.25) is 15.1 Å². The second-order valence-electron chi connectivity index (χ2n) is 12.3. The molecule has 6 heterocycles. The fourth-order valence-corrected chi connectivity index (χ4v) is 6.41. The van der Waals surface area contributed by atoms with E-state index in [2.05, 4.69) is 50.0 Å². The summed E-state index contributed by atoms with van der Waals surface area (Å²) in [5.41, 5.74) is 10.0. The summed E-state index contributed by atoms with van der Waals surface area (Å²) in [5.74, 6) is -0.239. The molecule has 0 atom stereocenters. The molecule has 0 saturated carbocycles. The average Bonchev–Trinajstić information content (AvgIpc) is 3.83. The van der Waals surface area contributed by atoms with Crippen molar-refractivity contribution in [3.63, 3.8) is 0 Å². The van der Waals surface area contributed by atoms with Gasteiger partial charge in [-0.25, -0.2) is 9.37 Å². The smallest absolute Gasteiger partial charge is 0.135 e. The molecule has 0 spiro atoms. The zero-order valence-electron chi connectivity index (χ0n) is 26.2. The number of anilines is 1. The van der Waals surface area contributed by atoms with Crippen LogP contribution in [0.2, 0.25) is 0 Å². The Morgan fingerprint density at radius 1 is 0.978 bits per heavy atom. The normalized spacial score (nSPS) is 13.6. The predicted molar refractivity (Wildman–Crippen MR) is 184 cm³/mol. The molecule has 0 aliphatic carbocycles. The minimum absolute atomic E-state index is 0.239. The van der Waals surface area contributed by atoms with E-state index in [1.54, 1.807) is 24.5 Å². The Morgan fingerprint density at radius 2 is 1.87 bits per heavy atom. The first-order chi connectivity index (χ1) is 22.5. The third-order valence-electron chi connectivity index (χ3n) is 8.77. The molecule has 1 saturated heterocycles. The number of hydrogen-bond donors (Lipinski definition) is 3. The van der Waals surface area contributed by atoms with Gasteiger partial charge >= 0.3 is 0 Å². The van der Waals surface area contributed by atoms with Crippen LogP contribution in [0.15, 0.2) is 79.4 Å². The molecule has 46 heavy (non-hydrogen) atoms. The molecule has 9 heteroatoms. The topological polar surface area (TPSA) is 98.4 Å². The highest BCUT2D eigenvalue weighted by molar-refractivity contribution is 5.99. The monoisotopic (exact) mass is 614 g/mol. The van der Waals surface area contributed by atoms with Crippen LogP contribution < -0.4 is 5.32 Å². The van der Waals surface area contributed by atoms with E-state index in [-0.39, 0.29) is 5.82 Å². The van der Waals surface area contributed by atoms with Crippen molar-refractivity contribution in [3.8, 4) is 33.9 Å². The summed E-state index contributed by atoms with van der Waals surface area (Å²) >= 11 is 0. The van der Waals surface area contributed by atoms with Crippen molar-refractivity contribution >= 4 is 27.6 Å². The molecule has 7 rings (SSSR count). The van der Waals surface area contributed by atoms with E-state index < -0.39 is 0 Å². The number of fused-ring (bicyclic) bond motifs is 2. The summed E-state index contributed by atoms with van der Waals surface area (Å²) in [6.45, 7) is 9.73. The maximum atomic E-state index is 14.9. The van der Waals surface area contributed by atoms with Gasteiger partial charge in [-0.05, 0) is 112 Å². The summed E-state index contributed by atoms with van der Waals surface area (Å²) in [6, 6.07) is 15.3. The molecule has 1 aromatic carbocycles. The second kappa shape index (κ2) is 13.2. The lowest BCUT2D eigenvalue weighted by molar-refractivity contribution is 0.334. The summed E-state index contributed by atoms with van der Waals surface area (Å²) in [6.07, 6.45) is 12.9. The zero-order chi connectivity index (χ0) is 31.5. The number of nitrogens with zero attached hydrogens (tertiary/aromatic N) is 5. The van der Waals surface area contributed by atoms with Gasteiger partial charge in [0.25, 0.3) is 0 Å². The number of nitrogens with one attached hydrogen (secondary N) is 3. The van der Waals surface area contributed by atoms with Gasteiger partial charge in [0.05, 0.1) is 34.5 Å². The van der Waals surface area contributed by atoms with Crippen LogP contribution in [0.5, 0.6) is 0 Å². The van der Waals surface area contributed by atoms with Gasteiger partial charge in [0.15, 0.2) is 0 Å². The van der Waals surface area contributed by atoms with Crippen molar-refractivity contribution in [1.29, 1.82) is 0 Å². The minimum Gasteiger partial charge on any atom is -0.358 e. The van der Waals surface area contributed by atoms with Gasteiger partial charge in [0.2, 0.25) is 0 Å². The standard InChI is InChI=1S/C37H39FN8/c1-3-4-8-24(2)41-29-20-27(22-39-23-29)31-10-11-33-36(43-31)37(45-44-33)34-21-30-32(42-34)12-13-40-35(30)26-17-25(18-28(38)19-26)9-7-16-46-14-5-6-15-46/h10-13,17-23,41-42H,2-9,14-16H2,1H3,(H,44,45). The van der Waals surface area contributed by atoms with E-state index >= 15 is 0 Å². The first kappa shape index (κ1) is 29.8. The third-order valence-corrected chi connectivity index (χ3v) is 8.77. The van der Waals surface area contributed by atoms with Crippen molar-refractivity contribution in [1.82, 2.24) is 35.0 Å². The van der Waals surface area contributed by atoms with E-state index in [1.165, 1.54) is 25.9 Å². The summed E-state index contributed by atoms with van der Waals surface area (Å²) in [7, 11) is 0. The van der Waals surface area contributed by atoms with Gasteiger partial charge < -0.3 is 15.2 Å². The van der Waals surface area contributed by atoms with Gasteiger partial charge in [-0.2, -0.15) is 5.10 Å². The predicted octanol–water partition coefficient (Wildman–Crippen LogP) is 8.51. The number of aryl methyl sites for hydroxylation is 1. The molecule has 8 nitrogen and oxygen atoms in total. The van der Waals surface area contributed by atoms with E-state index in [4.69, 9.17) is 9.97 Å². The number of benzene rings is 1. The van der Waals surface area contributed by atoms with Crippen molar-refractivity contribution in [2.24, 2.45) is 0 Å². The Bertz CT molecular complexity index is 2000. The van der Waals surface area contributed by atoms with Gasteiger partial charge in [0.1, 0.15) is 17.0 Å². The Labute approximate surface area is 268 Å². The van der Waals surface area contributed by atoms with Crippen LogP contribution in [0.25, 0.3) is 55.8 Å². The zero-order valence-corrected chi connectivity index (χ0v) is 26.2. The molecule has 0 radical (unpaired) electrons. The minimum atomic E-state index is -0.239. The molecular weight excluding hydrogens is 575 g/mol. The molecule has 0 bridgehead atoms. The van der Waals surface area contributed by atoms with Crippen molar-refractivity contribution < 1.29 is 4.39 Å². The molecule has 1 aliphatic heterocycles. The van der Waals surface area contributed by atoms with Crippen LogP contribution in [-0.4, -0.2) is 54.7 Å². The van der Waals surface area contributed by atoms with Crippen molar-refractivity contribution in [3.05, 3.63) is 90.8 Å². The first-order valence-corrected chi connectivity index (χ1v) is 16.3. The number of aromatic nitrogens is 6. The lowest BCUT2D eigenvalue weighted by Gasteiger charge is -2.14. The number of H-pyrrole nitrogens is 2. The van der Waals surface area contributed by atoms with E-state index in [0.717, 1.165) is 106 Å². The Kier molecular flexibility index (Phi) is 8.57. The van der Waals surface area contributed by atoms with Crippen LogP contribution in [-0.2, 0) is 6.42 Å². The molecule has 3 N–H and O–H groups in total. The van der Waals surface area contributed by atoms with E-state index in [1.807, 2.05) is 36.5 Å². The Morgan fingerprint density at radius 3 is 2.74 bits per heavy atom. The summed E-state index contributed by atoms with van der Waals surface area (Å²) in [4.78, 5) is 20.2. The lowest BCUT2D eigenvalue weighted by atomic mass is 10.0. The Balaban J connectivity index is 1.17. The van der Waals surface area contributed by atoms with E-state index in [9.17, 15) is 4.39 Å². The van der Waals surface area contributed by atoms with Crippen LogP contribution in [0, 0.1) is 5.82 Å². The molecule has 0 amide bonds. The van der Waals surface area contributed by atoms with Crippen molar-refractivity contribution in [2.45, 2.75) is 51.9 Å². The average molecular weight is 615 g/mol. The van der Waals surface area contributed by atoms with Crippen LogP contribution >= 0.6 is 0 Å². The van der Waals surface area contributed by atoms with Crippen LogP contribution in [0.4, 0.5) is 10.1 Å². The van der Waals surface area contributed by atoms with Gasteiger partial charge in [-0.15, -0.1) is 0 Å². The number of allylic oxidation sites excluding steroid dienone is 1. The highest BCUT2D eigenvalue weighted by Crippen LogP contribution is 2.34. The maximum Gasteiger partial charge on any atom is 0.135 e. The third kappa shape index (κ3) is 6.41. The van der Waals surface area contributed by atoms with Gasteiger partial charge in [-0.1, -0.05) is 19.9 Å². The van der Waals surface area contributed by atoms with Crippen LogP contribution in [0.1, 0.15) is 51.0 Å². The number of aromatic amines is 2. The number of unbranched alkanes of at least 4 members (excludes halogenated alkanes) is 1. The fraction of sp³-hybridized carbons (Fsp3) is 0.297. The number of rotatable bonds is 12. The second-order valence-corrected chi connectivity index (χ2v) is 12.3. The molecular formula is C37H39FN8. The molecule has 6 aromatic rings. The van der Waals surface area contributed by atoms with Crippen molar-refractivity contribution in [2.75, 3.05) is 25.0 Å². The molecule has 1 fully saturated rings. The highest BCUT2D eigenvalue weighted by atomic mass is 19.1. The largest absolute Gasteiger partial charge is 0.358 e. The first-order valence-electron chi connectivity index (χ1n) is 16.3. The number of likely N-dealkylation sites (tertiary alicyclic amines) is 1. The Hall–Kier alpha value is -4.89.